The second-order valence-corrected chi connectivity index (χ2v) is 5.92. The summed E-state index contributed by atoms with van der Waals surface area (Å²) in [6.07, 6.45) is 1.90. The number of hydrogen-bond donors (Lipinski definition) is 1. The Labute approximate surface area is 127 Å². The molecule has 2 aromatic rings. The number of aryl methyl sites for hydroxylation is 1. The fourth-order valence-electron chi connectivity index (χ4n) is 2.03. The Morgan fingerprint density at radius 1 is 1.11 bits per heavy atom. The molecule has 1 nitrogen and oxygen atoms in total. The van der Waals surface area contributed by atoms with Crippen molar-refractivity contribution in [1.29, 1.82) is 0 Å². The molecule has 1 unspecified atom stereocenters. The predicted octanol–water partition coefficient (Wildman–Crippen LogP) is 4.91. The minimum atomic E-state index is -0.0129. The first-order chi connectivity index (χ1) is 9.10. The maximum absolute atomic E-state index is 6.25. The second-order valence-electron chi connectivity index (χ2n) is 4.65. The molecule has 0 saturated heterocycles. The standard InChI is InChI=1S/C16H17BrClN/c1-2-11-3-5-12(6-4-11)9-16(19)13-7-8-15(18)14(17)10-13/h3-8,10,16H,2,9,19H2,1H3. The van der Waals surface area contributed by atoms with E-state index < -0.39 is 0 Å². The minimum Gasteiger partial charge on any atom is -0.324 e. The summed E-state index contributed by atoms with van der Waals surface area (Å²) in [5.41, 5.74) is 9.96. The summed E-state index contributed by atoms with van der Waals surface area (Å²) in [7, 11) is 0. The third-order valence-electron chi connectivity index (χ3n) is 3.26. The van der Waals surface area contributed by atoms with E-state index >= 15 is 0 Å². The van der Waals surface area contributed by atoms with E-state index in [1.54, 1.807) is 0 Å². The average Bonchev–Trinajstić information content (AvgIpc) is 2.42. The number of halogens is 2. The van der Waals surface area contributed by atoms with Gasteiger partial charge in [0.2, 0.25) is 0 Å². The van der Waals surface area contributed by atoms with Crippen LogP contribution in [-0.2, 0) is 12.8 Å². The largest absolute Gasteiger partial charge is 0.324 e. The van der Waals surface area contributed by atoms with E-state index in [1.807, 2.05) is 18.2 Å². The van der Waals surface area contributed by atoms with E-state index in [0.29, 0.717) is 5.02 Å². The molecule has 2 rings (SSSR count). The van der Waals surface area contributed by atoms with Crippen LogP contribution in [0.15, 0.2) is 46.9 Å². The van der Waals surface area contributed by atoms with Gasteiger partial charge in [-0.15, -0.1) is 0 Å². The summed E-state index contributed by atoms with van der Waals surface area (Å²) in [6, 6.07) is 14.5. The molecule has 0 saturated carbocycles. The quantitative estimate of drug-likeness (QED) is 0.842. The molecule has 100 valence electrons. The highest BCUT2D eigenvalue weighted by molar-refractivity contribution is 9.10. The lowest BCUT2D eigenvalue weighted by molar-refractivity contribution is 0.721. The molecule has 0 aromatic heterocycles. The van der Waals surface area contributed by atoms with Crippen LogP contribution >= 0.6 is 27.5 Å². The second kappa shape index (κ2) is 6.56. The SMILES string of the molecule is CCc1ccc(CC(N)c2ccc(Cl)c(Br)c2)cc1. The van der Waals surface area contributed by atoms with Gasteiger partial charge in [-0.05, 0) is 57.6 Å². The third-order valence-corrected chi connectivity index (χ3v) is 4.47. The Hall–Kier alpha value is -0.830. The van der Waals surface area contributed by atoms with Gasteiger partial charge in [-0.2, -0.15) is 0 Å². The molecule has 3 heteroatoms. The fourth-order valence-corrected chi connectivity index (χ4v) is 2.54. The van der Waals surface area contributed by atoms with Crippen molar-refractivity contribution in [2.75, 3.05) is 0 Å². The molecule has 1 atom stereocenters. The molecule has 0 aliphatic heterocycles. The van der Waals surface area contributed by atoms with Crippen LogP contribution in [0.25, 0.3) is 0 Å². The molecule has 0 radical (unpaired) electrons. The van der Waals surface area contributed by atoms with E-state index in [4.69, 9.17) is 17.3 Å². The average molecular weight is 339 g/mol. The van der Waals surface area contributed by atoms with Crippen molar-refractivity contribution >= 4 is 27.5 Å². The van der Waals surface area contributed by atoms with Crippen molar-refractivity contribution in [3.8, 4) is 0 Å². The Morgan fingerprint density at radius 3 is 2.32 bits per heavy atom. The lowest BCUT2D eigenvalue weighted by Gasteiger charge is -2.13. The van der Waals surface area contributed by atoms with E-state index in [9.17, 15) is 0 Å². The van der Waals surface area contributed by atoms with Crippen molar-refractivity contribution in [3.63, 3.8) is 0 Å². The molecule has 0 bridgehead atoms. The summed E-state index contributed by atoms with van der Waals surface area (Å²) in [5.74, 6) is 0. The molecule has 0 heterocycles. The van der Waals surface area contributed by atoms with Gasteiger partial charge in [-0.1, -0.05) is 48.9 Å². The molecule has 0 amide bonds. The van der Waals surface area contributed by atoms with Gasteiger partial charge in [0.15, 0.2) is 0 Å². The molecule has 0 aliphatic carbocycles. The Balaban J connectivity index is 2.10. The van der Waals surface area contributed by atoms with Crippen LogP contribution in [0.2, 0.25) is 5.02 Å². The molecule has 2 N–H and O–H groups in total. The number of nitrogens with two attached hydrogens (primary N) is 1. The number of rotatable bonds is 4. The Bertz CT molecular complexity index is 551. The molecule has 2 aromatic carbocycles. The zero-order chi connectivity index (χ0) is 13.8. The highest BCUT2D eigenvalue weighted by Gasteiger charge is 2.09. The first-order valence-electron chi connectivity index (χ1n) is 6.38. The normalized spacial score (nSPS) is 12.4. The third kappa shape index (κ3) is 3.82. The fraction of sp³-hybridized carbons (Fsp3) is 0.250. The number of hydrogen-bond acceptors (Lipinski definition) is 1. The van der Waals surface area contributed by atoms with Crippen LogP contribution in [-0.4, -0.2) is 0 Å². The van der Waals surface area contributed by atoms with Crippen LogP contribution in [0.4, 0.5) is 0 Å². The van der Waals surface area contributed by atoms with Crippen molar-refractivity contribution in [3.05, 3.63) is 68.7 Å². The van der Waals surface area contributed by atoms with Crippen LogP contribution in [0.3, 0.4) is 0 Å². The summed E-state index contributed by atoms with van der Waals surface area (Å²) < 4.78 is 0.892. The molecule has 0 fully saturated rings. The van der Waals surface area contributed by atoms with E-state index in [0.717, 1.165) is 22.9 Å². The summed E-state index contributed by atoms with van der Waals surface area (Å²) in [4.78, 5) is 0. The van der Waals surface area contributed by atoms with E-state index in [2.05, 4.69) is 47.1 Å². The van der Waals surface area contributed by atoms with Crippen LogP contribution < -0.4 is 5.73 Å². The topological polar surface area (TPSA) is 26.0 Å². The molecular formula is C16H17BrClN. The van der Waals surface area contributed by atoms with E-state index in [-0.39, 0.29) is 6.04 Å². The monoisotopic (exact) mass is 337 g/mol. The highest BCUT2D eigenvalue weighted by atomic mass is 79.9. The smallest absolute Gasteiger partial charge is 0.0548 e. The van der Waals surface area contributed by atoms with Crippen molar-refractivity contribution in [2.24, 2.45) is 5.73 Å². The van der Waals surface area contributed by atoms with Crippen LogP contribution in [0, 0.1) is 0 Å². The molecule has 0 spiro atoms. The first kappa shape index (κ1) is 14.6. The van der Waals surface area contributed by atoms with Gasteiger partial charge in [0.1, 0.15) is 0 Å². The Morgan fingerprint density at radius 2 is 1.74 bits per heavy atom. The zero-order valence-corrected chi connectivity index (χ0v) is 13.2. The lowest BCUT2D eigenvalue weighted by atomic mass is 9.99. The van der Waals surface area contributed by atoms with Crippen molar-refractivity contribution in [2.45, 2.75) is 25.8 Å². The van der Waals surface area contributed by atoms with E-state index in [1.165, 1.54) is 11.1 Å². The van der Waals surface area contributed by atoms with Gasteiger partial charge >= 0.3 is 0 Å². The molecular weight excluding hydrogens is 322 g/mol. The number of benzene rings is 2. The lowest BCUT2D eigenvalue weighted by Crippen LogP contribution is -2.13. The Kier molecular flexibility index (Phi) is 5.03. The minimum absolute atomic E-state index is 0.0129. The highest BCUT2D eigenvalue weighted by Crippen LogP contribution is 2.26. The van der Waals surface area contributed by atoms with Crippen LogP contribution in [0.1, 0.15) is 29.7 Å². The van der Waals surface area contributed by atoms with Crippen molar-refractivity contribution < 1.29 is 0 Å². The van der Waals surface area contributed by atoms with Gasteiger partial charge in [0, 0.05) is 10.5 Å². The van der Waals surface area contributed by atoms with Crippen molar-refractivity contribution in [1.82, 2.24) is 0 Å². The van der Waals surface area contributed by atoms with Crippen LogP contribution in [0.5, 0.6) is 0 Å². The maximum atomic E-state index is 6.25. The zero-order valence-electron chi connectivity index (χ0n) is 10.9. The predicted molar refractivity (Wildman–Crippen MR) is 85.6 cm³/mol. The van der Waals surface area contributed by atoms with Gasteiger partial charge in [-0.25, -0.2) is 0 Å². The van der Waals surface area contributed by atoms with Gasteiger partial charge < -0.3 is 5.73 Å². The van der Waals surface area contributed by atoms with Gasteiger partial charge in [0.05, 0.1) is 5.02 Å². The summed E-state index contributed by atoms with van der Waals surface area (Å²) in [5, 5.41) is 0.711. The molecule has 0 aliphatic rings. The first-order valence-corrected chi connectivity index (χ1v) is 7.55. The van der Waals surface area contributed by atoms with Gasteiger partial charge in [0.25, 0.3) is 0 Å². The molecule has 19 heavy (non-hydrogen) atoms. The summed E-state index contributed by atoms with van der Waals surface area (Å²) >= 11 is 9.42. The maximum Gasteiger partial charge on any atom is 0.0548 e. The van der Waals surface area contributed by atoms with Gasteiger partial charge in [-0.3, -0.25) is 0 Å². The summed E-state index contributed by atoms with van der Waals surface area (Å²) in [6.45, 7) is 2.16.